The standard InChI is InChI=1S/C18H25NO3/c1-12-7-4-5-9-15(12)19-11-14-8-6-10-16(21-3)17(14)22-13(2)18(19)20/h6,8,10,12-13,15H,4-5,7,9,11H2,1-3H3. The molecule has 1 saturated carbocycles. The van der Waals surface area contributed by atoms with Crippen LogP contribution in [0.15, 0.2) is 18.2 Å². The summed E-state index contributed by atoms with van der Waals surface area (Å²) in [6.45, 7) is 4.72. The Balaban J connectivity index is 1.95. The molecule has 1 aromatic rings. The monoisotopic (exact) mass is 303 g/mol. The Hall–Kier alpha value is -1.71. The summed E-state index contributed by atoms with van der Waals surface area (Å²) in [5.74, 6) is 2.07. The molecule has 0 bridgehead atoms. The highest BCUT2D eigenvalue weighted by Gasteiger charge is 2.36. The maximum atomic E-state index is 12.8. The van der Waals surface area contributed by atoms with Crippen molar-refractivity contribution in [1.82, 2.24) is 4.90 Å². The van der Waals surface area contributed by atoms with E-state index in [0.29, 0.717) is 24.3 Å². The van der Waals surface area contributed by atoms with E-state index in [2.05, 4.69) is 6.92 Å². The fraction of sp³-hybridized carbons (Fsp3) is 0.611. The molecule has 2 aliphatic rings. The molecule has 1 amide bonds. The summed E-state index contributed by atoms with van der Waals surface area (Å²) < 4.78 is 11.3. The van der Waals surface area contributed by atoms with Crippen LogP contribution in [0.5, 0.6) is 11.5 Å². The lowest BCUT2D eigenvalue weighted by molar-refractivity contribution is -0.142. The van der Waals surface area contributed by atoms with Gasteiger partial charge in [-0.05, 0) is 31.7 Å². The average molecular weight is 303 g/mol. The smallest absolute Gasteiger partial charge is 0.263 e. The van der Waals surface area contributed by atoms with Crippen molar-refractivity contribution in [3.63, 3.8) is 0 Å². The van der Waals surface area contributed by atoms with E-state index in [-0.39, 0.29) is 5.91 Å². The van der Waals surface area contributed by atoms with Crippen molar-refractivity contribution in [3.05, 3.63) is 23.8 Å². The summed E-state index contributed by atoms with van der Waals surface area (Å²) in [5.41, 5.74) is 1.04. The van der Waals surface area contributed by atoms with Gasteiger partial charge >= 0.3 is 0 Å². The molecule has 0 spiro atoms. The predicted octanol–water partition coefficient (Wildman–Crippen LogP) is 3.38. The highest BCUT2D eigenvalue weighted by molar-refractivity contribution is 5.82. The van der Waals surface area contributed by atoms with Crippen molar-refractivity contribution in [2.45, 2.75) is 58.2 Å². The molecular formula is C18H25NO3. The quantitative estimate of drug-likeness (QED) is 0.840. The van der Waals surface area contributed by atoms with Crippen molar-refractivity contribution in [2.24, 2.45) is 5.92 Å². The van der Waals surface area contributed by atoms with Gasteiger partial charge in [0.1, 0.15) is 0 Å². The number of para-hydroxylation sites is 1. The molecule has 4 nitrogen and oxygen atoms in total. The Bertz CT molecular complexity index is 557. The van der Waals surface area contributed by atoms with Gasteiger partial charge in [-0.25, -0.2) is 0 Å². The number of methoxy groups -OCH3 is 1. The normalized spacial score (nSPS) is 28.6. The van der Waals surface area contributed by atoms with Crippen LogP contribution in [0.3, 0.4) is 0 Å². The average Bonchev–Trinajstić information content (AvgIpc) is 2.65. The number of fused-ring (bicyclic) bond motifs is 1. The van der Waals surface area contributed by atoms with Crippen LogP contribution < -0.4 is 9.47 Å². The van der Waals surface area contributed by atoms with Crippen molar-refractivity contribution in [1.29, 1.82) is 0 Å². The minimum Gasteiger partial charge on any atom is -0.493 e. The van der Waals surface area contributed by atoms with Crippen molar-refractivity contribution in [3.8, 4) is 11.5 Å². The van der Waals surface area contributed by atoms with Crippen molar-refractivity contribution in [2.75, 3.05) is 7.11 Å². The molecule has 0 saturated heterocycles. The largest absolute Gasteiger partial charge is 0.493 e. The van der Waals surface area contributed by atoms with Gasteiger partial charge in [0.05, 0.1) is 7.11 Å². The molecule has 1 fully saturated rings. The van der Waals surface area contributed by atoms with Crippen LogP contribution in [0.25, 0.3) is 0 Å². The minimum atomic E-state index is -0.466. The number of benzene rings is 1. The van der Waals surface area contributed by atoms with Gasteiger partial charge in [-0.15, -0.1) is 0 Å². The fourth-order valence-corrected chi connectivity index (χ4v) is 3.74. The molecule has 1 aliphatic heterocycles. The molecule has 3 rings (SSSR count). The Kier molecular flexibility index (Phi) is 4.27. The molecule has 1 aromatic carbocycles. The Morgan fingerprint density at radius 1 is 1.23 bits per heavy atom. The van der Waals surface area contributed by atoms with Gasteiger partial charge in [0, 0.05) is 18.2 Å². The summed E-state index contributed by atoms with van der Waals surface area (Å²) in [6, 6.07) is 6.20. The van der Waals surface area contributed by atoms with Gasteiger partial charge in [0.25, 0.3) is 5.91 Å². The summed E-state index contributed by atoms with van der Waals surface area (Å²) >= 11 is 0. The molecule has 3 unspecified atom stereocenters. The molecule has 1 aliphatic carbocycles. The second-order valence-electron chi connectivity index (χ2n) is 6.50. The summed E-state index contributed by atoms with van der Waals surface area (Å²) in [4.78, 5) is 14.9. The van der Waals surface area contributed by atoms with Gasteiger partial charge in [0.2, 0.25) is 0 Å². The van der Waals surface area contributed by atoms with Gasteiger partial charge in [-0.1, -0.05) is 31.9 Å². The molecule has 3 atom stereocenters. The zero-order chi connectivity index (χ0) is 15.7. The number of hydrogen-bond acceptors (Lipinski definition) is 3. The first-order valence-corrected chi connectivity index (χ1v) is 8.25. The minimum absolute atomic E-state index is 0.0944. The van der Waals surface area contributed by atoms with E-state index >= 15 is 0 Å². The Morgan fingerprint density at radius 3 is 2.73 bits per heavy atom. The lowest BCUT2D eigenvalue weighted by atomic mass is 9.84. The lowest BCUT2D eigenvalue weighted by Crippen LogP contribution is -2.48. The fourth-order valence-electron chi connectivity index (χ4n) is 3.74. The molecule has 4 heteroatoms. The maximum absolute atomic E-state index is 12.8. The summed E-state index contributed by atoms with van der Waals surface area (Å²) in [7, 11) is 1.64. The second kappa shape index (κ2) is 6.19. The van der Waals surface area contributed by atoms with E-state index in [9.17, 15) is 4.79 Å². The van der Waals surface area contributed by atoms with Gasteiger partial charge in [0.15, 0.2) is 17.6 Å². The number of hydrogen-bond donors (Lipinski definition) is 0. The zero-order valence-corrected chi connectivity index (χ0v) is 13.7. The molecule has 0 N–H and O–H groups in total. The molecule has 120 valence electrons. The molecular weight excluding hydrogens is 278 g/mol. The third-order valence-electron chi connectivity index (χ3n) is 5.01. The number of carbonyl (C=O) groups is 1. The van der Waals surface area contributed by atoms with E-state index in [1.54, 1.807) is 7.11 Å². The molecule has 1 heterocycles. The van der Waals surface area contributed by atoms with Gasteiger partial charge in [-0.2, -0.15) is 0 Å². The van der Waals surface area contributed by atoms with Gasteiger partial charge in [-0.3, -0.25) is 4.79 Å². The van der Waals surface area contributed by atoms with Crippen LogP contribution in [-0.2, 0) is 11.3 Å². The number of carbonyl (C=O) groups excluding carboxylic acids is 1. The number of ether oxygens (including phenoxy) is 2. The first-order chi connectivity index (χ1) is 10.6. The zero-order valence-electron chi connectivity index (χ0n) is 13.7. The number of nitrogens with zero attached hydrogens (tertiary/aromatic N) is 1. The topological polar surface area (TPSA) is 38.8 Å². The second-order valence-corrected chi connectivity index (χ2v) is 6.50. The predicted molar refractivity (Wildman–Crippen MR) is 85.1 cm³/mol. The van der Waals surface area contributed by atoms with E-state index in [4.69, 9.17) is 9.47 Å². The van der Waals surface area contributed by atoms with E-state index in [0.717, 1.165) is 17.7 Å². The number of amides is 1. The third-order valence-corrected chi connectivity index (χ3v) is 5.01. The van der Waals surface area contributed by atoms with E-state index in [1.165, 1.54) is 19.3 Å². The number of rotatable bonds is 2. The Labute approximate surface area is 132 Å². The van der Waals surface area contributed by atoms with Crippen LogP contribution in [0.2, 0.25) is 0 Å². The molecule has 0 aromatic heterocycles. The molecule has 22 heavy (non-hydrogen) atoms. The third kappa shape index (κ3) is 2.67. The molecule has 0 radical (unpaired) electrons. The van der Waals surface area contributed by atoms with E-state index in [1.807, 2.05) is 30.0 Å². The highest BCUT2D eigenvalue weighted by Crippen LogP contribution is 2.37. The van der Waals surface area contributed by atoms with Crippen LogP contribution in [0.4, 0.5) is 0 Å². The summed E-state index contributed by atoms with van der Waals surface area (Å²) in [6.07, 6.45) is 4.31. The van der Waals surface area contributed by atoms with Crippen LogP contribution >= 0.6 is 0 Å². The van der Waals surface area contributed by atoms with Crippen LogP contribution in [0, 0.1) is 5.92 Å². The van der Waals surface area contributed by atoms with E-state index < -0.39 is 6.10 Å². The maximum Gasteiger partial charge on any atom is 0.263 e. The lowest BCUT2D eigenvalue weighted by Gasteiger charge is -2.38. The summed E-state index contributed by atoms with van der Waals surface area (Å²) in [5, 5.41) is 0. The highest BCUT2D eigenvalue weighted by atomic mass is 16.5. The van der Waals surface area contributed by atoms with Crippen molar-refractivity contribution >= 4 is 5.91 Å². The van der Waals surface area contributed by atoms with Gasteiger partial charge < -0.3 is 14.4 Å². The first-order valence-electron chi connectivity index (χ1n) is 8.25. The van der Waals surface area contributed by atoms with Crippen LogP contribution in [0.1, 0.15) is 45.1 Å². The SMILES string of the molecule is COc1cccc2c1OC(C)C(=O)N(C1CCCCC1C)C2. The Morgan fingerprint density at radius 2 is 2.00 bits per heavy atom. The first kappa shape index (κ1) is 15.2. The van der Waals surface area contributed by atoms with Crippen LogP contribution in [-0.4, -0.2) is 30.1 Å². The van der Waals surface area contributed by atoms with Crippen molar-refractivity contribution < 1.29 is 14.3 Å².